The molecule has 2 aromatic rings. The molecule has 1 aliphatic rings. The molecular formula is C18H28N6O3. The second-order valence-electron chi connectivity index (χ2n) is 7.59. The molecule has 0 aromatic carbocycles. The van der Waals surface area contributed by atoms with E-state index in [1.165, 1.54) is 6.33 Å². The van der Waals surface area contributed by atoms with Gasteiger partial charge in [-0.3, -0.25) is 4.79 Å². The van der Waals surface area contributed by atoms with Crippen LogP contribution in [0.4, 0.5) is 0 Å². The monoisotopic (exact) mass is 376 g/mol. The van der Waals surface area contributed by atoms with Crippen LogP contribution >= 0.6 is 0 Å². The largest absolute Gasteiger partial charge is 0.396 e. The van der Waals surface area contributed by atoms with Crippen molar-refractivity contribution in [2.45, 2.75) is 19.8 Å². The lowest BCUT2D eigenvalue weighted by Crippen LogP contribution is -2.33. The lowest BCUT2D eigenvalue weighted by Gasteiger charge is -2.23. The third-order valence-corrected chi connectivity index (χ3v) is 5.22. The Kier molecular flexibility index (Phi) is 6.03. The zero-order valence-corrected chi connectivity index (χ0v) is 16.1. The standard InChI is InChI=1S/C18H28N6O3/c1-12(2)16-6-15(21-18-19-11-20-24(16)18)17(27)23-8-13(14(9-23)10-26)7-22(3)4-5-25/h6,11-14,25-26H,4-5,7-10H2,1-3H3/t13-,14-/m1/s1. The molecule has 1 amide bonds. The summed E-state index contributed by atoms with van der Waals surface area (Å²) in [5.74, 6) is 0.635. The number of nitrogens with zero attached hydrogens (tertiary/aromatic N) is 6. The number of aliphatic hydroxyl groups excluding tert-OH is 2. The average Bonchev–Trinajstić information content (AvgIpc) is 3.26. The van der Waals surface area contributed by atoms with Gasteiger partial charge in [0.05, 0.1) is 12.3 Å². The summed E-state index contributed by atoms with van der Waals surface area (Å²) in [5, 5.41) is 23.0. The molecule has 0 spiro atoms. The molecule has 3 rings (SSSR count). The quantitative estimate of drug-likeness (QED) is 0.692. The first-order valence-corrected chi connectivity index (χ1v) is 9.34. The van der Waals surface area contributed by atoms with Gasteiger partial charge in [-0.05, 0) is 24.9 Å². The van der Waals surface area contributed by atoms with E-state index in [-0.39, 0.29) is 36.9 Å². The van der Waals surface area contributed by atoms with Gasteiger partial charge in [0.15, 0.2) is 0 Å². The van der Waals surface area contributed by atoms with Crippen molar-refractivity contribution < 1.29 is 15.0 Å². The predicted molar refractivity (Wildman–Crippen MR) is 99.4 cm³/mol. The molecule has 1 fully saturated rings. The summed E-state index contributed by atoms with van der Waals surface area (Å²) < 4.78 is 1.66. The summed E-state index contributed by atoms with van der Waals surface area (Å²) in [6.45, 7) is 6.57. The maximum absolute atomic E-state index is 13.1. The molecule has 9 heteroatoms. The Morgan fingerprint density at radius 2 is 2.07 bits per heavy atom. The van der Waals surface area contributed by atoms with Crippen LogP contribution < -0.4 is 0 Å². The van der Waals surface area contributed by atoms with Gasteiger partial charge in [0.2, 0.25) is 0 Å². The first kappa shape index (κ1) is 19.7. The average molecular weight is 376 g/mol. The minimum absolute atomic E-state index is 0.0245. The van der Waals surface area contributed by atoms with Crippen LogP contribution in [0.2, 0.25) is 0 Å². The zero-order chi connectivity index (χ0) is 19.6. The van der Waals surface area contributed by atoms with Gasteiger partial charge in [-0.15, -0.1) is 0 Å². The van der Waals surface area contributed by atoms with Gasteiger partial charge in [0.1, 0.15) is 12.0 Å². The molecule has 2 N–H and O–H groups in total. The molecule has 2 atom stereocenters. The molecule has 3 heterocycles. The van der Waals surface area contributed by atoms with Crippen LogP contribution in [0.5, 0.6) is 0 Å². The Bertz CT molecular complexity index is 792. The van der Waals surface area contributed by atoms with E-state index in [9.17, 15) is 9.90 Å². The molecular weight excluding hydrogens is 348 g/mol. The molecule has 0 aliphatic carbocycles. The number of fused-ring (bicyclic) bond motifs is 1. The molecule has 2 aromatic heterocycles. The van der Waals surface area contributed by atoms with E-state index in [1.54, 1.807) is 15.5 Å². The van der Waals surface area contributed by atoms with E-state index < -0.39 is 0 Å². The van der Waals surface area contributed by atoms with E-state index in [4.69, 9.17) is 5.11 Å². The molecule has 0 bridgehead atoms. The molecule has 0 saturated carbocycles. The highest BCUT2D eigenvalue weighted by atomic mass is 16.3. The number of aliphatic hydroxyl groups is 2. The van der Waals surface area contributed by atoms with E-state index in [0.717, 1.165) is 12.2 Å². The third-order valence-electron chi connectivity index (χ3n) is 5.22. The maximum atomic E-state index is 13.1. The Morgan fingerprint density at radius 1 is 1.33 bits per heavy atom. The Balaban J connectivity index is 1.80. The van der Waals surface area contributed by atoms with Gasteiger partial charge in [0.25, 0.3) is 11.7 Å². The number of likely N-dealkylation sites (N-methyl/N-ethyl adjacent to an activating group) is 1. The van der Waals surface area contributed by atoms with Crippen molar-refractivity contribution >= 4 is 11.7 Å². The van der Waals surface area contributed by atoms with Gasteiger partial charge < -0.3 is 20.0 Å². The highest BCUT2D eigenvalue weighted by Crippen LogP contribution is 2.26. The Hall–Kier alpha value is -2.10. The van der Waals surface area contributed by atoms with Crippen LogP contribution in [0.15, 0.2) is 12.4 Å². The summed E-state index contributed by atoms with van der Waals surface area (Å²) in [7, 11) is 1.94. The Morgan fingerprint density at radius 3 is 2.74 bits per heavy atom. The molecule has 148 valence electrons. The lowest BCUT2D eigenvalue weighted by molar-refractivity contribution is 0.0773. The van der Waals surface area contributed by atoms with Crippen LogP contribution in [0, 0.1) is 11.8 Å². The third kappa shape index (κ3) is 4.10. The van der Waals surface area contributed by atoms with Gasteiger partial charge in [-0.1, -0.05) is 13.8 Å². The smallest absolute Gasteiger partial charge is 0.272 e. The number of hydrogen-bond acceptors (Lipinski definition) is 7. The first-order chi connectivity index (χ1) is 12.9. The second-order valence-corrected chi connectivity index (χ2v) is 7.59. The fourth-order valence-electron chi connectivity index (χ4n) is 3.70. The number of rotatable bonds is 7. The fraction of sp³-hybridized carbons (Fsp3) is 0.667. The lowest BCUT2D eigenvalue weighted by atomic mass is 9.96. The highest BCUT2D eigenvalue weighted by Gasteiger charge is 2.36. The number of hydrogen-bond donors (Lipinski definition) is 2. The second kappa shape index (κ2) is 8.28. The van der Waals surface area contributed by atoms with Crippen molar-refractivity contribution in [2.24, 2.45) is 11.8 Å². The fourth-order valence-corrected chi connectivity index (χ4v) is 3.70. The number of carbonyl (C=O) groups is 1. The molecule has 1 saturated heterocycles. The van der Waals surface area contributed by atoms with E-state index in [2.05, 4.69) is 15.1 Å². The van der Waals surface area contributed by atoms with Gasteiger partial charge >= 0.3 is 0 Å². The van der Waals surface area contributed by atoms with E-state index >= 15 is 0 Å². The normalized spacial score (nSPS) is 20.3. The van der Waals surface area contributed by atoms with Crippen molar-refractivity contribution in [2.75, 3.05) is 46.4 Å². The number of likely N-dealkylation sites (tertiary alicyclic amines) is 1. The molecule has 0 radical (unpaired) electrons. The highest BCUT2D eigenvalue weighted by molar-refractivity contribution is 5.93. The Labute approximate surface area is 158 Å². The maximum Gasteiger partial charge on any atom is 0.272 e. The van der Waals surface area contributed by atoms with Crippen LogP contribution in [0.3, 0.4) is 0 Å². The summed E-state index contributed by atoms with van der Waals surface area (Å²) in [6, 6.07) is 1.79. The van der Waals surface area contributed by atoms with Crippen LogP contribution in [0.1, 0.15) is 35.9 Å². The van der Waals surface area contributed by atoms with Crippen molar-refractivity contribution in [3.05, 3.63) is 23.8 Å². The summed E-state index contributed by atoms with van der Waals surface area (Å²) in [5.41, 5.74) is 1.25. The summed E-state index contributed by atoms with van der Waals surface area (Å²) >= 11 is 0. The summed E-state index contributed by atoms with van der Waals surface area (Å²) in [4.78, 5) is 25.4. The van der Waals surface area contributed by atoms with Crippen molar-refractivity contribution in [1.29, 1.82) is 0 Å². The van der Waals surface area contributed by atoms with Gasteiger partial charge in [-0.2, -0.15) is 10.1 Å². The van der Waals surface area contributed by atoms with Gasteiger partial charge in [-0.25, -0.2) is 9.50 Å². The number of carbonyl (C=O) groups excluding carboxylic acids is 1. The number of amides is 1. The van der Waals surface area contributed by atoms with Crippen LogP contribution in [-0.4, -0.2) is 91.9 Å². The molecule has 1 aliphatic heterocycles. The SMILES string of the molecule is CC(C)c1cc(C(=O)N2C[C@@H](CN(C)CCO)[C@@H](CO)C2)nc2ncnn12. The van der Waals surface area contributed by atoms with Crippen LogP contribution in [-0.2, 0) is 0 Å². The van der Waals surface area contributed by atoms with Crippen molar-refractivity contribution in [3.63, 3.8) is 0 Å². The van der Waals surface area contributed by atoms with Crippen molar-refractivity contribution in [1.82, 2.24) is 29.4 Å². The minimum Gasteiger partial charge on any atom is -0.396 e. The predicted octanol–water partition coefficient (Wildman–Crippen LogP) is -0.148. The molecule has 9 nitrogen and oxygen atoms in total. The van der Waals surface area contributed by atoms with Gasteiger partial charge in [0, 0.05) is 38.7 Å². The van der Waals surface area contributed by atoms with E-state index in [1.807, 2.05) is 25.8 Å². The molecule has 27 heavy (non-hydrogen) atoms. The zero-order valence-electron chi connectivity index (χ0n) is 16.1. The topological polar surface area (TPSA) is 107 Å². The summed E-state index contributed by atoms with van der Waals surface area (Å²) in [6.07, 6.45) is 1.44. The molecule has 0 unspecified atom stereocenters. The van der Waals surface area contributed by atoms with E-state index in [0.29, 0.717) is 31.1 Å². The van der Waals surface area contributed by atoms with Crippen LogP contribution in [0.25, 0.3) is 5.78 Å². The number of aromatic nitrogens is 4. The van der Waals surface area contributed by atoms with Crippen molar-refractivity contribution in [3.8, 4) is 0 Å². The first-order valence-electron chi connectivity index (χ1n) is 9.34. The minimum atomic E-state index is -0.145.